The van der Waals surface area contributed by atoms with Crippen LogP contribution in [0.4, 0.5) is 11.4 Å². The second-order valence-corrected chi connectivity index (χ2v) is 8.12. The van der Waals surface area contributed by atoms with Crippen LogP contribution in [0.2, 0.25) is 10.0 Å². The van der Waals surface area contributed by atoms with Crippen molar-refractivity contribution < 1.29 is 9.53 Å². The van der Waals surface area contributed by atoms with E-state index in [1.54, 1.807) is 6.07 Å². The van der Waals surface area contributed by atoms with Gasteiger partial charge in [0.25, 0.3) is 5.91 Å². The van der Waals surface area contributed by atoms with Gasteiger partial charge in [0.15, 0.2) is 6.61 Å². The zero-order valence-electron chi connectivity index (χ0n) is 16.1. The maximum Gasteiger partial charge on any atom is 0.260 e. The molecule has 2 aromatic carbocycles. The Labute approximate surface area is 180 Å². The number of aryl methyl sites for hydroxylation is 1. The van der Waals surface area contributed by atoms with Gasteiger partial charge in [0.05, 0.1) is 10.0 Å². The Morgan fingerprint density at radius 1 is 1.03 bits per heavy atom. The summed E-state index contributed by atoms with van der Waals surface area (Å²) in [7, 11) is 0. The summed E-state index contributed by atoms with van der Waals surface area (Å²) >= 11 is 12.1. The van der Waals surface area contributed by atoms with Gasteiger partial charge in [0.1, 0.15) is 5.75 Å². The van der Waals surface area contributed by atoms with Gasteiger partial charge < -0.3 is 19.9 Å². The number of allylic oxidation sites excluding steroid dienone is 1. The van der Waals surface area contributed by atoms with Crippen LogP contribution in [0.15, 0.2) is 48.7 Å². The van der Waals surface area contributed by atoms with Gasteiger partial charge >= 0.3 is 0 Å². The number of halogens is 2. The molecule has 2 aromatic rings. The topological polar surface area (TPSA) is 44.8 Å². The normalized spacial score (nSPS) is 16.3. The number of ether oxygens (including phenoxy) is 1. The molecule has 152 valence electrons. The van der Waals surface area contributed by atoms with Crippen LogP contribution in [0.1, 0.15) is 12.0 Å². The molecule has 1 fully saturated rings. The highest BCUT2D eigenvalue weighted by Crippen LogP contribution is 2.30. The molecule has 0 unspecified atom stereocenters. The Morgan fingerprint density at radius 2 is 1.83 bits per heavy atom. The van der Waals surface area contributed by atoms with Crippen LogP contribution in [-0.4, -0.2) is 43.6 Å². The number of carbonyl (C=O) groups is 1. The van der Waals surface area contributed by atoms with Crippen LogP contribution in [0, 0.1) is 0 Å². The molecule has 29 heavy (non-hydrogen) atoms. The second-order valence-electron chi connectivity index (χ2n) is 7.30. The van der Waals surface area contributed by atoms with Gasteiger partial charge in [0, 0.05) is 49.3 Å². The third kappa shape index (κ3) is 4.62. The quantitative estimate of drug-likeness (QED) is 0.768. The van der Waals surface area contributed by atoms with Crippen molar-refractivity contribution >= 4 is 40.5 Å². The standard InChI is InChI=1S/C22H23Cl2N3O2/c1-15-2-3-16-4-6-18(13-21(16)25-15)29-14-22(28)27-10-8-26(9-11-27)17-5-7-19(23)20(24)12-17/h4-7,12-13,25H,1-3,8-11,14H2. The Morgan fingerprint density at radius 3 is 2.59 bits per heavy atom. The smallest absolute Gasteiger partial charge is 0.260 e. The van der Waals surface area contributed by atoms with Crippen molar-refractivity contribution in [2.75, 3.05) is 43.0 Å². The number of amides is 1. The maximum atomic E-state index is 12.6. The van der Waals surface area contributed by atoms with E-state index in [1.807, 2.05) is 35.2 Å². The molecule has 7 heteroatoms. The SMILES string of the molecule is C=C1CCc2ccc(OCC(=O)N3CCN(c4ccc(Cl)c(Cl)c4)CC3)cc2N1. The Hall–Kier alpha value is -2.37. The van der Waals surface area contributed by atoms with Crippen molar-refractivity contribution in [2.45, 2.75) is 12.8 Å². The van der Waals surface area contributed by atoms with Crippen LogP contribution in [0.3, 0.4) is 0 Å². The average Bonchev–Trinajstić information content (AvgIpc) is 2.73. The first-order valence-corrected chi connectivity index (χ1v) is 10.4. The van der Waals surface area contributed by atoms with Crippen molar-refractivity contribution in [2.24, 2.45) is 0 Å². The van der Waals surface area contributed by atoms with Crippen LogP contribution in [-0.2, 0) is 11.2 Å². The number of anilines is 2. The number of hydrogen-bond donors (Lipinski definition) is 1. The van der Waals surface area contributed by atoms with E-state index in [9.17, 15) is 4.79 Å². The molecule has 0 radical (unpaired) electrons. The molecule has 2 heterocycles. The molecular weight excluding hydrogens is 409 g/mol. The summed E-state index contributed by atoms with van der Waals surface area (Å²) in [6, 6.07) is 11.5. The van der Waals surface area contributed by atoms with Gasteiger partial charge in [0.2, 0.25) is 0 Å². The molecule has 0 saturated carbocycles. The number of nitrogens with one attached hydrogen (secondary N) is 1. The van der Waals surface area contributed by atoms with Gasteiger partial charge in [-0.25, -0.2) is 0 Å². The lowest BCUT2D eigenvalue weighted by molar-refractivity contribution is -0.133. The first-order valence-electron chi connectivity index (χ1n) is 9.68. The summed E-state index contributed by atoms with van der Waals surface area (Å²) in [5.41, 5.74) is 4.28. The molecule has 1 saturated heterocycles. The average molecular weight is 432 g/mol. The molecule has 0 bridgehead atoms. The fourth-order valence-electron chi connectivity index (χ4n) is 3.65. The minimum Gasteiger partial charge on any atom is -0.484 e. The highest BCUT2D eigenvalue weighted by molar-refractivity contribution is 6.42. The predicted octanol–water partition coefficient (Wildman–Crippen LogP) is 4.59. The van der Waals surface area contributed by atoms with E-state index >= 15 is 0 Å². The monoisotopic (exact) mass is 431 g/mol. The number of benzene rings is 2. The molecule has 0 atom stereocenters. The van der Waals surface area contributed by atoms with Crippen molar-refractivity contribution in [3.8, 4) is 5.75 Å². The first-order chi connectivity index (χ1) is 14.0. The number of fused-ring (bicyclic) bond motifs is 1. The van der Waals surface area contributed by atoms with E-state index in [2.05, 4.69) is 16.8 Å². The summed E-state index contributed by atoms with van der Waals surface area (Å²) in [6.45, 7) is 6.80. The molecular formula is C22H23Cl2N3O2. The van der Waals surface area contributed by atoms with E-state index in [0.717, 1.165) is 43.0 Å². The van der Waals surface area contributed by atoms with Crippen LogP contribution in [0.5, 0.6) is 5.75 Å². The fraction of sp³-hybridized carbons (Fsp3) is 0.318. The zero-order valence-corrected chi connectivity index (χ0v) is 17.6. The van der Waals surface area contributed by atoms with Crippen LogP contribution >= 0.6 is 23.2 Å². The number of carbonyl (C=O) groups excluding carboxylic acids is 1. The van der Waals surface area contributed by atoms with E-state index in [4.69, 9.17) is 27.9 Å². The molecule has 1 amide bonds. The third-order valence-corrected chi connectivity index (χ3v) is 6.09. The number of hydrogen-bond acceptors (Lipinski definition) is 4. The zero-order chi connectivity index (χ0) is 20.4. The molecule has 4 rings (SSSR count). The first kappa shape index (κ1) is 19.9. The van der Waals surface area contributed by atoms with Crippen LogP contribution in [0.25, 0.3) is 0 Å². The highest BCUT2D eigenvalue weighted by Gasteiger charge is 2.22. The van der Waals surface area contributed by atoms with Crippen molar-refractivity contribution in [3.05, 3.63) is 64.3 Å². The maximum absolute atomic E-state index is 12.6. The number of nitrogens with zero attached hydrogens (tertiary/aromatic N) is 2. The lowest BCUT2D eigenvalue weighted by Gasteiger charge is -2.36. The Bertz CT molecular complexity index is 940. The summed E-state index contributed by atoms with van der Waals surface area (Å²) in [5, 5.41) is 4.37. The fourth-order valence-corrected chi connectivity index (χ4v) is 3.94. The Kier molecular flexibility index (Phi) is 5.88. The third-order valence-electron chi connectivity index (χ3n) is 5.35. The largest absolute Gasteiger partial charge is 0.484 e. The van der Waals surface area contributed by atoms with Gasteiger partial charge in [-0.2, -0.15) is 0 Å². The summed E-state index contributed by atoms with van der Waals surface area (Å²) in [6.07, 6.45) is 1.92. The highest BCUT2D eigenvalue weighted by atomic mass is 35.5. The van der Waals surface area contributed by atoms with Crippen LogP contribution < -0.4 is 15.0 Å². The number of piperazine rings is 1. The molecule has 1 N–H and O–H groups in total. The van der Waals surface area contributed by atoms with Gasteiger partial charge in [-0.1, -0.05) is 35.8 Å². The summed E-state index contributed by atoms with van der Waals surface area (Å²) < 4.78 is 5.76. The van der Waals surface area contributed by atoms with E-state index in [-0.39, 0.29) is 12.5 Å². The predicted molar refractivity (Wildman–Crippen MR) is 118 cm³/mol. The Balaban J connectivity index is 1.29. The number of rotatable bonds is 4. The van der Waals surface area contributed by atoms with Gasteiger partial charge in [-0.3, -0.25) is 4.79 Å². The summed E-state index contributed by atoms with van der Waals surface area (Å²) in [5.74, 6) is 0.683. The van der Waals surface area contributed by atoms with Crippen molar-refractivity contribution in [1.29, 1.82) is 0 Å². The van der Waals surface area contributed by atoms with E-state index in [1.165, 1.54) is 5.56 Å². The lowest BCUT2D eigenvalue weighted by atomic mass is 10.0. The van der Waals surface area contributed by atoms with E-state index in [0.29, 0.717) is 28.9 Å². The van der Waals surface area contributed by atoms with Gasteiger partial charge in [-0.05, 0) is 42.7 Å². The molecule has 2 aliphatic rings. The second kappa shape index (κ2) is 8.56. The van der Waals surface area contributed by atoms with Crippen molar-refractivity contribution in [3.63, 3.8) is 0 Å². The minimum atomic E-state index is -0.00567. The summed E-state index contributed by atoms with van der Waals surface area (Å²) in [4.78, 5) is 16.6. The van der Waals surface area contributed by atoms with Gasteiger partial charge in [-0.15, -0.1) is 0 Å². The molecule has 5 nitrogen and oxygen atoms in total. The molecule has 0 spiro atoms. The lowest BCUT2D eigenvalue weighted by Crippen LogP contribution is -2.50. The van der Waals surface area contributed by atoms with E-state index < -0.39 is 0 Å². The van der Waals surface area contributed by atoms with Crippen molar-refractivity contribution in [1.82, 2.24) is 4.90 Å². The molecule has 0 aliphatic carbocycles. The molecule has 2 aliphatic heterocycles. The minimum absolute atomic E-state index is 0.00567. The molecule has 0 aromatic heterocycles.